The number of rotatable bonds is 27. The Kier molecular flexibility index (Phi) is 30.5. The monoisotopic (exact) mass is 1850 g/mol. The van der Waals surface area contributed by atoms with E-state index in [9.17, 15) is 52.8 Å². The molecular weight excluding hydrogens is 1780 g/mol. The quantitative estimate of drug-likeness (QED) is 0.0211. The fourth-order valence-electron chi connectivity index (χ4n) is 11.9. The summed E-state index contributed by atoms with van der Waals surface area (Å²) in [5, 5.41) is 21.7. The van der Waals surface area contributed by atoms with Crippen LogP contribution in [0.4, 0.5) is 13.2 Å². The summed E-state index contributed by atoms with van der Waals surface area (Å²) in [4.78, 5) is 52.4. The van der Waals surface area contributed by atoms with Gasteiger partial charge < -0.3 is 19.3 Å². The van der Waals surface area contributed by atoms with Gasteiger partial charge in [0.2, 0.25) is 0 Å². The van der Waals surface area contributed by atoms with E-state index in [1.165, 1.54) is 18.2 Å². The predicted molar refractivity (Wildman–Crippen MR) is 481 cm³/mol. The lowest BCUT2D eigenvalue weighted by Gasteiger charge is -2.12. The van der Waals surface area contributed by atoms with Gasteiger partial charge in [-0.3, -0.25) is 47.5 Å². The molecule has 12 aromatic rings. The molecule has 4 N–H and O–H groups in total. The van der Waals surface area contributed by atoms with Gasteiger partial charge in [0.1, 0.15) is 67.5 Å². The Morgan fingerprint density at radius 1 is 0.379 bits per heavy atom. The number of carboxylic acid groups (broad SMARTS) is 1. The second kappa shape index (κ2) is 41.4. The van der Waals surface area contributed by atoms with Gasteiger partial charge in [0.05, 0.1) is 66.1 Å². The van der Waals surface area contributed by atoms with Crippen LogP contribution in [0.5, 0.6) is 17.2 Å². The molecule has 3 aliphatic heterocycles. The van der Waals surface area contributed by atoms with Crippen molar-refractivity contribution in [2.24, 2.45) is 0 Å². The minimum absolute atomic E-state index is 0.0827. The highest BCUT2D eigenvalue weighted by Gasteiger charge is 2.36. The number of aliphatic carboxylic acids is 1. The SMILES string of the molecule is CC(=O)O.O=C1/C(=C/c2cn(-c3ccccc3)nc2-c2ccc(OCc3ccccc3F)cc2)SC(=S)N1CCS(=O)(=O)O.O=C1/C(=C/c2cn(-c3ccccc3)nc2-c2ccc(OCc3ccccc3F)cc2)SC(=S)N1CCS(=O)(=O)O.O=C1/C(=C/c2cn(-c3ccccc3)nc2-c2ccc(OCc3ccccc3F)cc2)SC(=S)N1CCS(=O)(=O)O. The Hall–Kier alpha value is -12.1. The average Bonchev–Trinajstić information content (AvgIpc) is 1.69. The van der Waals surface area contributed by atoms with E-state index in [4.69, 9.17) is 89.7 Å². The summed E-state index contributed by atoms with van der Waals surface area (Å²) in [6, 6.07) is 69.1. The van der Waals surface area contributed by atoms with Gasteiger partial charge in [0, 0.05) is 95.2 Å². The van der Waals surface area contributed by atoms with Gasteiger partial charge in [-0.1, -0.05) is 181 Å². The molecule has 3 aliphatic rings. The molecule has 38 heteroatoms. The maximum Gasteiger partial charge on any atom is 0.300 e. The number of carbonyl (C=O) groups is 4. The van der Waals surface area contributed by atoms with Gasteiger partial charge in [-0.15, -0.1) is 0 Å². The first-order chi connectivity index (χ1) is 59.3. The van der Waals surface area contributed by atoms with Gasteiger partial charge in [-0.25, -0.2) is 27.2 Å². The molecular formula is C86H70F3N9O17S9. The molecule has 3 saturated heterocycles. The molecule has 26 nitrogen and oxygen atoms in total. The zero-order valence-electron chi connectivity index (χ0n) is 64.8. The Labute approximate surface area is 738 Å². The third kappa shape index (κ3) is 25.1. The topological polar surface area (TPSA) is 342 Å². The van der Waals surface area contributed by atoms with Crippen LogP contribution < -0.4 is 14.2 Å². The molecule has 6 heterocycles. The molecule has 0 unspecified atom stereocenters. The van der Waals surface area contributed by atoms with E-state index < -0.39 is 71.3 Å². The number of nitrogens with zero attached hydrogens (tertiary/aromatic N) is 9. The standard InChI is InChI=1S/3C28H22FN3O5S3.C2H4O2/c3*29-24-9-5-4-6-20(24)18-37-23-12-10-19(11-13-23)26-21(17-32(30-26)22-7-2-1-3-8-22)16-25-27(33)31(28(38)39-25)14-15-40(34,35)36;1-2(3)4/h3*1-13,16-17H,14-15,18H2,(H,34,35,36);1H3,(H,3,4)/b3*25-16-;. The Balaban J connectivity index is 0.000000166. The highest BCUT2D eigenvalue weighted by Crippen LogP contribution is 2.40. The average molecular weight is 1850 g/mol. The number of amides is 3. The lowest BCUT2D eigenvalue weighted by Crippen LogP contribution is -2.32. The molecule has 9 aromatic carbocycles. The largest absolute Gasteiger partial charge is 0.489 e. The summed E-state index contributed by atoms with van der Waals surface area (Å²) in [5.74, 6) is -3.38. The van der Waals surface area contributed by atoms with Crippen molar-refractivity contribution in [2.45, 2.75) is 26.7 Å². The number of halogens is 3. The number of hydrogen-bond acceptors (Lipinski definition) is 22. The van der Waals surface area contributed by atoms with E-state index >= 15 is 0 Å². The van der Waals surface area contributed by atoms with Crippen molar-refractivity contribution >= 4 is 157 Å². The number of benzene rings is 9. The second-order valence-corrected chi connectivity index (χ2v) is 36.5. The Morgan fingerprint density at radius 3 is 0.831 bits per heavy atom. The molecule has 0 radical (unpaired) electrons. The molecule has 3 fully saturated rings. The third-order valence-electron chi connectivity index (χ3n) is 17.9. The summed E-state index contributed by atoms with van der Waals surface area (Å²) in [5.41, 5.74) is 9.73. The number of aromatic nitrogens is 6. The van der Waals surface area contributed by atoms with Crippen LogP contribution in [-0.4, -0.2) is 162 Å². The van der Waals surface area contributed by atoms with Crippen LogP contribution in [0.15, 0.2) is 270 Å². The summed E-state index contributed by atoms with van der Waals surface area (Å²) in [6.07, 6.45) is 10.4. The number of thioether (sulfide) groups is 3. The lowest BCUT2D eigenvalue weighted by atomic mass is 10.1. The van der Waals surface area contributed by atoms with Gasteiger partial charge in [0.15, 0.2) is 0 Å². The molecule has 124 heavy (non-hydrogen) atoms. The summed E-state index contributed by atoms with van der Waals surface area (Å²) < 4.78 is 159. The van der Waals surface area contributed by atoms with Crippen LogP contribution in [0.25, 0.3) is 69.1 Å². The number of ether oxygens (including phenoxy) is 3. The lowest BCUT2D eigenvalue weighted by molar-refractivity contribution is -0.134. The molecule has 636 valence electrons. The van der Waals surface area contributed by atoms with Gasteiger partial charge >= 0.3 is 0 Å². The van der Waals surface area contributed by atoms with Crippen molar-refractivity contribution in [3.05, 3.63) is 321 Å². The van der Waals surface area contributed by atoms with Gasteiger partial charge in [-0.05, 0) is 146 Å². The molecule has 0 spiro atoms. The first-order valence-electron chi connectivity index (χ1n) is 36.9. The van der Waals surface area contributed by atoms with Crippen LogP contribution in [0.1, 0.15) is 40.3 Å². The minimum Gasteiger partial charge on any atom is -0.489 e. The van der Waals surface area contributed by atoms with E-state index in [2.05, 4.69) is 0 Å². The van der Waals surface area contributed by atoms with Crippen LogP contribution in [-0.2, 0) is 69.4 Å². The smallest absolute Gasteiger partial charge is 0.300 e. The van der Waals surface area contributed by atoms with Crippen molar-refractivity contribution in [1.82, 2.24) is 44.0 Å². The number of para-hydroxylation sites is 3. The van der Waals surface area contributed by atoms with E-state index in [-0.39, 0.29) is 69.9 Å². The number of carboxylic acids is 1. The first-order valence-corrected chi connectivity index (χ1v) is 45.4. The van der Waals surface area contributed by atoms with Crippen molar-refractivity contribution in [3.8, 4) is 68.1 Å². The van der Waals surface area contributed by atoms with Crippen LogP contribution >= 0.6 is 71.9 Å². The molecule has 0 bridgehead atoms. The Bertz CT molecular complexity index is 5840. The van der Waals surface area contributed by atoms with Crippen molar-refractivity contribution in [1.29, 1.82) is 0 Å². The predicted octanol–water partition coefficient (Wildman–Crippen LogP) is 16.1. The zero-order chi connectivity index (χ0) is 88.4. The second-order valence-electron chi connectivity index (χ2n) is 26.7. The normalized spacial score (nSPS) is 14.5. The maximum atomic E-state index is 13.9. The highest BCUT2D eigenvalue weighted by atomic mass is 32.2. The zero-order valence-corrected chi connectivity index (χ0v) is 72.1. The van der Waals surface area contributed by atoms with E-state index in [0.717, 1.165) is 90.7 Å². The molecule has 0 atom stereocenters. The summed E-state index contributed by atoms with van der Waals surface area (Å²) in [7, 11) is -12.8. The molecule has 3 amide bonds. The first kappa shape index (κ1) is 91.2. The van der Waals surface area contributed by atoms with E-state index in [0.29, 0.717) is 82.4 Å². The van der Waals surface area contributed by atoms with Gasteiger partial charge in [-0.2, -0.15) is 40.5 Å². The molecule has 15 rings (SSSR count). The minimum atomic E-state index is -4.26. The van der Waals surface area contributed by atoms with Crippen molar-refractivity contribution < 1.29 is 90.6 Å². The number of thiocarbonyl (C=S) groups is 3. The molecule has 0 saturated carbocycles. The third-order valence-corrected chi connectivity index (χ3v) is 24.2. The highest BCUT2D eigenvalue weighted by molar-refractivity contribution is 8.27. The molecule has 0 aliphatic carbocycles. The number of carbonyl (C=O) groups excluding carboxylic acids is 3. The summed E-state index contributed by atoms with van der Waals surface area (Å²) in [6.45, 7) is 0.597. The maximum absolute atomic E-state index is 13.9. The number of hydrogen-bond donors (Lipinski definition) is 4. The van der Waals surface area contributed by atoms with Crippen LogP contribution in [0.3, 0.4) is 0 Å². The van der Waals surface area contributed by atoms with E-state index in [1.54, 1.807) is 142 Å². The van der Waals surface area contributed by atoms with Crippen LogP contribution in [0, 0.1) is 17.5 Å². The van der Waals surface area contributed by atoms with Gasteiger partial charge in [0.25, 0.3) is 54.0 Å². The van der Waals surface area contributed by atoms with Crippen molar-refractivity contribution in [3.63, 3.8) is 0 Å². The van der Waals surface area contributed by atoms with Crippen molar-refractivity contribution in [2.75, 3.05) is 36.9 Å². The fraction of sp³-hybridized carbons (Fsp3) is 0.116. The fourth-order valence-corrected chi connectivity index (χ4v) is 17.0. The summed E-state index contributed by atoms with van der Waals surface area (Å²) >= 11 is 19.0. The molecule has 3 aromatic heterocycles. The Morgan fingerprint density at radius 2 is 0.605 bits per heavy atom. The van der Waals surface area contributed by atoms with Crippen LogP contribution in [0.2, 0.25) is 0 Å². The van der Waals surface area contributed by atoms with E-state index in [1.807, 2.05) is 127 Å².